The lowest BCUT2D eigenvalue weighted by molar-refractivity contribution is -0.120. The maximum Gasteiger partial charge on any atom is 0.266 e. The van der Waals surface area contributed by atoms with E-state index in [0.717, 1.165) is 5.52 Å². The molecule has 174 valence electrons. The summed E-state index contributed by atoms with van der Waals surface area (Å²) in [5.41, 5.74) is 2.14. The summed E-state index contributed by atoms with van der Waals surface area (Å²) in [6.07, 6.45) is 2.79. The molecule has 1 aromatic carbocycles. The number of furan rings is 1. The maximum atomic E-state index is 12.9. The highest BCUT2D eigenvalue weighted by molar-refractivity contribution is 5.94. The summed E-state index contributed by atoms with van der Waals surface area (Å²) in [5, 5.41) is 12.5. The summed E-state index contributed by atoms with van der Waals surface area (Å²) >= 11 is 0. The van der Waals surface area contributed by atoms with Crippen molar-refractivity contribution in [1.29, 1.82) is 5.26 Å². The van der Waals surface area contributed by atoms with E-state index in [1.165, 1.54) is 6.26 Å². The second-order valence-corrected chi connectivity index (χ2v) is 9.46. The van der Waals surface area contributed by atoms with Gasteiger partial charge in [0.2, 0.25) is 23.4 Å². The van der Waals surface area contributed by atoms with Crippen molar-refractivity contribution >= 4 is 28.6 Å². The number of piperidine rings is 1. The Morgan fingerprint density at radius 2 is 1.97 bits per heavy atom. The summed E-state index contributed by atoms with van der Waals surface area (Å²) in [5.74, 6) is 1.64. The van der Waals surface area contributed by atoms with Crippen LogP contribution in [0.25, 0.3) is 22.8 Å². The number of aromatic nitrogens is 2. The fourth-order valence-electron chi connectivity index (χ4n) is 4.02. The van der Waals surface area contributed by atoms with Crippen molar-refractivity contribution in [2.24, 2.45) is 5.92 Å². The van der Waals surface area contributed by atoms with Gasteiger partial charge in [-0.1, -0.05) is 20.8 Å². The quantitative estimate of drug-likeness (QED) is 0.447. The molecular formula is C25H25N5O4. The molecule has 5 rings (SSSR count). The molecule has 9 nitrogen and oxygen atoms in total. The predicted molar refractivity (Wildman–Crippen MR) is 125 cm³/mol. The van der Waals surface area contributed by atoms with Gasteiger partial charge in [0.25, 0.3) is 5.89 Å². The molecule has 0 bridgehead atoms. The number of benzene rings is 1. The van der Waals surface area contributed by atoms with Crippen LogP contribution in [0.15, 0.2) is 49.8 Å². The molecule has 3 aromatic heterocycles. The summed E-state index contributed by atoms with van der Waals surface area (Å²) in [7, 11) is 0. The number of fused-ring (bicyclic) bond motifs is 1. The Morgan fingerprint density at radius 1 is 1.18 bits per heavy atom. The Hall–Kier alpha value is -4.06. The maximum absolute atomic E-state index is 12.9. The van der Waals surface area contributed by atoms with E-state index in [2.05, 4.69) is 21.4 Å². The van der Waals surface area contributed by atoms with Crippen molar-refractivity contribution in [3.63, 3.8) is 0 Å². The van der Waals surface area contributed by atoms with Crippen LogP contribution in [0.3, 0.4) is 0 Å². The topological polar surface area (TPSA) is 121 Å². The zero-order valence-corrected chi connectivity index (χ0v) is 19.3. The molecule has 0 atom stereocenters. The van der Waals surface area contributed by atoms with Gasteiger partial charge in [0, 0.05) is 30.1 Å². The Kier molecular flexibility index (Phi) is 5.36. The Labute approximate surface area is 196 Å². The Morgan fingerprint density at radius 3 is 2.65 bits per heavy atom. The Bertz CT molecular complexity index is 1360. The number of carbonyl (C=O) groups is 1. The molecule has 1 saturated heterocycles. The summed E-state index contributed by atoms with van der Waals surface area (Å²) < 4.78 is 17.0. The number of carbonyl (C=O) groups excluding carboxylic acids is 1. The SMILES string of the molecule is CC(C)(C)c1nc2cc(NC(=O)C3CCN(c4oc(-c5ccco5)nc4C#N)CC3)ccc2o1. The van der Waals surface area contributed by atoms with E-state index in [1.807, 2.05) is 43.9 Å². The molecule has 34 heavy (non-hydrogen) atoms. The summed E-state index contributed by atoms with van der Waals surface area (Å²) in [6.45, 7) is 7.29. The monoisotopic (exact) mass is 459 g/mol. The summed E-state index contributed by atoms with van der Waals surface area (Å²) in [6, 6.07) is 11.1. The second kappa shape index (κ2) is 8.37. The molecule has 1 aliphatic heterocycles. The van der Waals surface area contributed by atoms with Gasteiger partial charge in [-0.25, -0.2) is 4.98 Å². The molecule has 9 heteroatoms. The highest BCUT2D eigenvalue weighted by Crippen LogP contribution is 2.32. The molecule has 0 radical (unpaired) electrons. The lowest BCUT2D eigenvalue weighted by Gasteiger charge is -2.30. The van der Waals surface area contributed by atoms with Crippen molar-refractivity contribution in [3.8, 4) is 17.7 Å². The van der Waals surface area contributed by atoms with Crippen LogP contribution in [0.2, 0.25) is 0 Å². The van der Waals surface area contributed by atoms with E-state index in [-0.39, 0.29) is 28.8 Å². The Balaban J connectivity index is 1.24. The third kappa shape index (κ3) is 4.15. The van der Waals surface area contributed by atoms with Gasteiger partial charge in [-0.05, 0) is 43.2 Å². The predicted octanol–water partition coefficient (Wildman–Crippen LogP) is 5.10. The van der Waals surface area contributed by atoms with Gasteiger partial charge in [-0.2, -0.15) is 10.2 Å². The standard InChI is InChI=1S/C25H25N5O4/c1-25(2,3)24-29-17-13-16(6-7-19(17)33-24)27-21(31)15-8-10-30(11-9-15)23-18(14-26)28-22(34-23)20-5-4-12-32-20/h4-7,12-13,15H,8-11H2,1-3H3,(H,27,31). The van der Waals surface area contributed by atoms with Crippen LogP contribution in [0.4, 0.5) is 11.6 Å². The minimum Gasteiger partial charge on any atom is -0.459 e. The van der Waals surface area contributed by atoms with Gasteiger partial charge in [-0.3, -0.25) is 4.79 Å². The lowest BCUT2D eigenvalue weighted by Crippen LogP contribution is -2.38. The van der Waals surface area contributed by atoms with Crippen molar-refractivity contribution in [3.05, 3.63) is 48.2 Å². The average molecular weight is 460 g/mol. The molecule has 0 spiro atoms. The van der Waals surface area contributed by atoms with E-state index in [1.54, 1.807) is 12.1 Å². The van der Waals surface area contributed by atoms with Gasteiger partial charge >= 0.3 is 0 Å². The molecule has 0 aliphatic carbocycles. The average Bonchev–Trinajstić information content (AvgIpc) is 3.57. The van der Waals surface area contributed by atoms with E-state index in [9.17, 15) is 10.1 Å². The molecule has 1 N–H and O–H groups in total. The molecule has 1 aliphatic rings. The minimum absolute atomic E-state index is 0.0344. The zero-order chi connectivity index (χ0) is 23.9. The van der Waals surface area contributed by atoms with Gasteiger partial charge in [-0.15, -0.1) is 0 Å². The van der Waals surface area contributed by atoms with Gasteiger partial charge in [0.15, 0.2) is 11.3 Å². The van der Waals surface area contributed by atoms with Crippen molar-refractivity contribution in [2.75, 3.05) is 23.3 Å². The molecule has 0 saturated carbocycles. The first-order valence-electron chi connectivity index (χ1n) is 11.2. The van der Waals surface area contributed by atoms with E-state index < -0.39 is 0 Å². The van der Waals surface area contributed by atoms with Crippen molar-refractivity contribution in [1.82, 2.24) is 9.97 Å². The largest absolute Gasteiger partial charge is 0.459 e. The first-order valence-corrected chi connectivity index (χ1v) is 11.2. The van der Waals surface area contributed by atoms with Crippen LogP contribution in [-0.4, -0.2) is 29.0 Å². The van der Waals surface area contributed by atoms with Crippen LogP contribution in [-0.2, 0) is 10.2 Å². The number of nitriles is 1. The second-order valence-electron chi connectivity index (χ2n) is 9.46. The minimum atomic E-state index is -0.190. The molecule has 1 amide bonds. The smallest absolute Gasteiger partial charge is 0.266 e. The van der Waals surface area contributed by atoms with E-state index >= 15 is 0 Å². The molecule has 0 unspecified atom stereocenters. The van der Waals surface area contributed by atoms with Crippen molar-refractivity contribution in [2.45, 2.75) is 39.0 Å². The number of oxazole rings is 2. The number of nitrogens with one attached hydrogen (secondary N) is 1. The molecular weight excluding hydrogens is 434 g/mol. The first-order chi connectivity index (χ1) is 16.3. The number of amides is 1. The normalized spacial score (nSPS) is 14.9. The highest BCUT2D eigenvalue weighted by Gasteiger charge is 2.29. The third-order valence-electron chi connectivity index (χ3n) is 5.90. The van der Waals surface area contributed by atoms with Crippen LogP contribution < -0.4 is 10.2 Å². The van der Waals surface area contributed by atoms with Crippen LogP contribution in [0.5, 0.6) is 0 Å². The highest BCUT2D eigenvalue weighted by atomic mass is 16.4. The van der Waals surface area contributed by atoms with E-state index in [0.29, 0.717) is 54.7 Å². The van der Waals surface area contributed by atoms with Crippen molar-refractivity contribution < 1.29 is 18.0 Å². The zero-order valence-electron chi connectivity index (χ0n) is 19.3. The van der Waals surface area contributed by atoms with Crippen LogP contribution in [0, 0.1) is 17.2 Å². The number of hydrogen-bond acceptors (Lipinski definition) is 8. The number of nitrogens with zero attached hydrogens (tertiary/aromatic N) is 4. The molecule has 4 heterocycles. The van der Waals surface area contributed by atoms with Crippen LogP contribution >= 0.6 is 0 Å². The van der Waals surface area contributed by atoms with Gasteiger partial charge in [0.05, 0.1) is 6.26 Å². The lowest BCUT2D eigenvalue weighted by atomic mass is 9.96. The van der Waals surface area contributed by atoms with Crippen LogP contribution in [0.1, 0.15) is 45.2 Å². The molecule has 4 aromatic rings. The number of hydrogen-bond donors (Lipinski definition) is 1. The first kappa shape index (κ1) is 21.8. The number of anilines is 2. The third-order valence-corrected chi connectivity index (χ3v) is 5.90. The van der Waals surface area contributed by atoms with Gasteiger partial charge < -0.3 is 23.5 Å². The fraction of sp³-hybridized carbons (Fsp3) is 0.360. The summed E-state index contributed by atoms with van der Waals surface area (Å²) in [4.78, 5) is 23.7. The van der Waals surface area contributed by atoms with E-state index in [4.69, 9.17) is 13.3 Å². The molecule has 1 fully saturated rings. The fourth-order valence-corrected chi connectivity index (χ4v) is 4.02. The van der Waals surface area contributed by atoms with Gasteiger partial charge in [0.1, 0.15) is 11.6 Å². The number of rotatable bonds is 4.